The second kappa shape index (κ2) is 7.28. The molecule has 2 aliphatic heterocycles. The Kier molecular flexibility index (Phi) is 5.27. The topological polar surface area (TPSA) is 58.4 Å². The summed E-state index contributed by atoms with van der Waals surface area (Å²) in [4.78, 5) is 28.8. The second-order valence-electron chi connectivity index (χ2n) is 7.65. The van der Waals surface area contributed by atoms with Crippen LogP contribution in [0.25, 0.3) is 0 Å². The van der Waals surface area contributed by atoms with Crippen LogP contribution < -0.4 is 0 Å². The van der Waals surface area contributed by atoms with Gasteiger partial charge >= 0.3 is 0 Å². The number of carbonyl (C=O) groups excluding carboxylic acids is 2. The van der Waals surface area contributed by atoms with Gasteiger partial charge in [-0.05, 0) is 53.6 Å². The van der Waals surface area contributed by atoms with Crippen LogP contribution in [0.5, 0.6) is 0 Å². The van der Waals surface area contributed by atoms with Crippen molar-refractivity contribution in [1.29, 1.82) is 0 Å². The summed E-state index contributed by atoms with van der Waals surface area (Å²) in [5.41, 5.74) is 2.30. The standard InChI is InChI=1S/C19H30N4O2/c1-13(23-15(3)19(16(4)24)14(2)20-23)10-18(25)22-11-17(12-22)21-8-6-5-7-9-21/h13,17H,5-12H2,1-4H3. The number of amides is 1. The smallest absolute Gasteiger partial charge is 0.224 e. The van der Waals surface area contributed by atoms with Gasteiger partial charge in [-0.25, -0.2) is 0 Å². The quantitative estimate of drug-likeness (QED) is 0.768. The minimum atomic E-state index is -0.0339. The van der Waals surface area contributed by atoms with Gasteiger partial charge in [0.25, 0.3) is 0 Å². The second-order valence-corrected chi connectivity index (χ2v) is 7.65. The van der Waals surface area contributed by atoms with Crippen LogP contribution in [0.3, 0.4) is 0 Å². The number of rotatable bonds is 5. The maximum absolute atomic E-state index is 12.6. The van der Waals surface area contributed by atoms with E-state index < -0.39 is 0 Å². The third-order valence-electron chi connectivity index (χ3n) is 5.69. The van der Waals surface area contributed by atoms with Crippen molar-refractivity contribution in [1.82, 2.24) is 19.6 Å². The fourth-order valence-corrected chi connectivity index (χ4v) is 4.24. The number of hydrogen-bond acceptors (Lipinski definition) is 4. The van der Waals surface area contributed by atoms with Gasteiger partial charge in [-0.1, -0.05) is 6.42 Å². The molecule has 6 heteroatoms. The molecule has 0 bridgehead atoms. The van der Waals surface area contributed by atoms with Crippen molar-refractivity contribution in [3.05, 3.63) is 17.0 Å². The first-order chi connectivity index (χ1) is 11.9. The van der Waals surface area contributed by atoms with Gasteiger partial charge in [0.05, 0.1) is 17.3 Å². The summed E-state index contributed by atoms with van der Waals surface area (Å²) in [6, 6.07) is 0.519. The molecule has 0 spiro atoms. The number of nitrogens with zero attached hydrogens (tertiary/aromatic N) is 4. The number of aromatic nitrogens is 2. The fourth-order valence-electron chi connectivity index (χ4n) is 4.24. The zero-order valence-corrected chi connectivity index (χ0v) is 15.9. The van der Waals surface area contributed by atoms with Gasteiger partial charge in [0.1, 0.15) is 0 Å². The lowest BCUT2D eigenvalue weighted by atomic mass is 10.0. The van der Waals surface area contributed by atoms with Gasteiger partial charge in [0, 0.05) is 31.2 Å². The summed E-state index contributed by atoms with van der Waals surface area (Å²) in [5.74, 6) is 0.226. The molecule has 1 aromatic heterocycles. The zero-order valence-electron chi connectivity index (χ0n) is 15.9. The van der Waals surface area contributed by atoms with Crippen molar-refractivity contribution in [3.63, 3.8) is 0 Å². The SMILES string of the molecule is CC(=O)c1c(C)nn(C(C)CC(=O)N2CC(N3CCCCC3)C2)c1C. The average Bonchev–Trinajstić information content (AvgIpc) is 2.81. The van der Waals surface area contributed by atoms with E-state index in [9.17, 15) is 9.59 Å². The molecule has 0 aliphatic carbocycles. The van der Waals surface area contributed by atoms with Crippen LogP contribution in [0.4, 0.5) is 0 Å². The van der Waals surface area contributed by atoms with Crippen molar-refractivity contribution in [2.24, 2.45) is 0 Å². The first-order valence-electron chi connectivity index (χ1n) is 9.47. The van der Waals surface area contributed by atoms with Crippen molar-refractivity contribution in [2.45, 2.75) is 65.5 Å². The molecule has 3 heterocycles. The summed E-state index contributed by atoms with van der Waals surface area (Å²) in [6.07, 6.45) is 4.36. The largest absolute Gasteiger partial charge is 0.339 e. The molecule has 0 N–H and O–H groups in total. The van der Waals surface area contributed by atoms with Crippen LogP contribution in [0.2, 0.25) is 0 Å². The maximum atomic E-state index is 12.6. The molecule has 3 rings (SSSR count). The predicted octanol–water partition coefficient (Wildman–Crippen LogP) is 2.35. The van der Waals surface area contributed by atoms with E-state index in [0.717, 1.165) is 24.5 Å². The highest BCUT2D eigenvalue weighted by atomic mass is 16.2. The predicted molar refractivity (Wildman–Crippen MR) is 96.8 cm³/mol. The van der Waals surface area contributed by atoms with Crippen LogP contribution in [0.15, 0.2) is 0 Å². The molecule has 0 saturated carbocycles. The van der Waals surface area contributed by atoms with Crippen LogP contribution >= 0.6 is 0 Å². The Bertz CT molecular complexity index is 655. The van der Waals surface area contributed by atoms with Gasteiger partial charge in [-0.3, -0.25) is 19.2 Å². The normalized spacial score (nSPS) is 20.4. The fraction of sp³-hybridized carbons (Fsp3) is 0.737. The Morgan fingerprint density at radius 1 is 1.16 bits per heavy atom. The van der Waals surface area contributed by atoms with E-state index in [2.05, 4.69) is 10.00 Å². The Labute approximate surface area is 150 Å². The van der Waals surface area contributed by atoms with E-state index in [-0.39, 0.29) is 17.7 Å². The summed E-state index contributed by atoms with van der Waals surface area (Å²) < 4.78 is 1.84. The zero-order chi connectivity index (χ0) is 18.1. The molecule has 2 aliphatic rings. The number of Topliss-reactive ketones (excluding diaryl/α,β-unsaturated/α-hetero) is 1. The molecule has 1 atom stereocenters. The van der Waals surface area contributed by atoms with Gasteiger partial charge in [-0.15, -0.1) is 0 Å². The minimum Gasteiger partial charge on any atom is -0.339 e. The number of aryl methyl sites for hydroxylation is 1. The highest BCUT2D eigenvalue weighted by molar-refractivity contribution is 5.96. The molecule has 25 heavy (non-hydrogen) atoms. The maximum Gasteiger partial charge on any atom is 0.224 e. The molecule has 0 radical (unpaired) electrons. The summed E-state index contributed by atoms with van der Waals surface area (Å²) in [6.45, 7) is 11.4. The third-order valence-corrected chi connectivity index (χ3v) is 5.69. The van der Waals surface area contributed by atoms with Crippen molar-refractivity contribution in [3.8, 4) is 0 Å². The molecule has 1 amide bonds. The van der Waals surface area contributed by atoms with Crippen LogP contribution in [0.1, 0.15) is 67.3 Å². The number of carbonyl (C=O) groups is 2. The van der Waals surface area contributed by atoms with E-state index in [1.165, 1.54) is 32.4 Å². The summed E-state index contributed by atoms with van der Waals surface area (Å²) in [7, 11) is 0. The molecule has 0 aromatic carbocycles. The van der Waals surface area contributed by atoms with E-state index in [1.54, 1.807) is 6.92 Å². The van der Waals surface area contributed by atoms with Crippen molar-refractivity contribution in [2.75, 3.05) is 26.2 Å². The average molecular weight is 346 g/mol. The summed E-state index contributed by atoms with van der Waals surface area (Å²) in [5, 5.41) is 4.49. The number of likely N-dealkylation sites (tertiary alicyclic amines) is 2. The molecule has 138 valence electrons. The number of hydrogen-bond donors (Lipinski definition) is 0. The molecular formula is C19H30N4O2. The first kappa shape index (κ1) is 18.1. The van der Waals surface area contributed by atoms with E-state index in [0.29, 0.717) is 18.0 Å². The van der Waals surface area contributed by atoms with Crippen LogP contribution in [-0.2, 0) is 4.79 Å². The first-order valence-corrected chi connectivity index (χ1v) is 9.47. The third kappa shape index (κ3) is 3.64. The van der Waals surface area contributed by atoms with E-state index in [1.807, 2.05) is 30.4 Å². The molecule has 6 nitrogen and oxygen atoms in total. The lowest BCUT2D eigenvalue weighted by Crippen LogP contribution is -2.61. The Morgan fingerprint density at radius 2 is 1.80 bits per heavy atom. The van der Waals surface area contributed by atoms with Gasteiger partial charge in [0.2, 0.25) is 5.91 Å². The summed E-state index contributed by atoms with van der Waals surface area (Å²) >= 11 is 0. The number of ketones is 1. The molecular weight excluding hydrogens is 316 g/mol. The van der Waals surface area contributed by atoms with Crippen LogP contribution in [0, 0.1) is 13.8 Å². The van der Waals surface area contributed by atoms with E-state index >= 15 is 0 Å². The highest BCUT2D eigenvalue weighted by Gasteiger charge is 2.35. The van der Waals surface area contributed by atoms with E-state index in [4.69, 9.17) is 0 Å². The van der Waals surface area contributed by atoms with Gasteiger partial charge < -0.3 is 4.90 Å². The lowest BCUT2D eigenvalue weighted by molar-refractivity contribution is -0.139. The van der Waals surface area contributed by atoms with Crippen molar-refractivity contribution >= 4 is 11.7 Å². The molecule has 2 fully saturated rings. The Morgan fingerprint density at radius 3 is 2.36 bits per heavy atom. The molecule has 1 aromatic rings. The Balaban J connectivity index is 1.55. The van der Waals surface area contributed by atoms with Crippen LogP contribution in [-0.4, -0.2) is 63.5 Å². The Hall–Kier alpha value is -1.69. The molecule has 1 unspecified atom stereocenters. The number of piperidine rings is 1. The van der Waals surface area contributed by atoms with Gasteiger partial charge in [-0.2, -0.15) is 5.10 Å². The minimum absolute atomic E-state index is 0.0339. The lowest BCUT2D eigenvalue weighted by Gasteiger charge is -2.47. The monoisotopic (exact) mass is 346 g/mol. The van der Waals surface area contributed by atoms with Crippen molar-refractivity contribution < 1.29 is 9.59 Å². The molecule has 2 saturated heterocycles. The van der Waals surface area contributed by atoms with Gasteiger partial charge in [0.15, 0.2) is 5.78 Å². The highest BCUT2D eigenvalue weighted by Crippen LogP contribution is 2.24.